The molecule has 0 aliphatic heterocycles. The Labute approximate surface area is 46.4 Å². The van der Waals surface area contributed by atoms with Crippen molar-refractivity contribution in [3.05, 3.63) is 10.1 Å². The highest BCUT2D eigenvalue weighted by Crippen LogP contribution is 2.14. The molecule has 0 aromatic heterocycles. The van der Waals surface area contributed by atoms with E-state index >= 15 is 0 Å². The summed E-state index contributed by atoms with van der Waals surface area (Å²) in [5.41, 5.74) is 0. The first kappa shape index (κ1) is 7.86. The molecule has 0 atom stereocenters. The normalized spacial score (nSPS) is 11.0. The highest BCUT2D eigenvalue weighted by molar-refractivity contribution is 5.73. The highest BCUT2D eigenvalue weighted by atomic mass is 19.3. The van der Waals surface area contributed by atoms with Gasteiger partial charge in [0.1, 0.15) is 4.92 Å². The van der Waals surface area contributed by atoms with Gasteiger partial charge in [-0.2, -0.15) is 4.39 Å². The Balaban J connectivity index is 4.38. The third-order valence-corrected chi connectivity index (χ3v) is 0.466. The fraction of sp³-hybridized carbons (Fsp3) is 0.500. The highest BCUT2D eigenvalue weighted by Gasteiger charge is 2.54. The van der Waals surface area contributed by atoms with Crippen LogP contribution in [0.4, 0.5) is 13.2 Å². The maximum atomic E-state index is 11.2. The number of alkyl halides is 2. The van der Waals surface area contributed by atoms with Crippen molar-refractivity contribution in [2.24, 2.45) is 0 Å². The number of hydrogen-bond acceptors (Lipinski definition) is 3. The van der Waals surface area contributed by atoms with Gasteiger partial charge in [-0.15, -0.1) is 8.78 Å². The molecule has 0 fully saturated rings. The molecule has 0 saturated carbocycles. The third-order valence-electron chi connectivity index (χ3n) is 0.466. The third kappa shape index (κ3) is 1.37. The Hall–Kier alpha value is -1.14. The summed E-state index contributed by atoms with van der Waals surface area (Å²) in [7, 11) is 0. The summed E-state index contributed by atoms with van der Waals surface area (Å²) in [6.45, 7) is 0. The number of halogens is 3. The lowest BCUT2D eigenvalue weighted by Crippen LogP contribution is -2.34. The van der Waals surface area contributed by atoms with Crippen molar-refractivity contribution < 1.29 is 22.9 Å². The van der Waals surface area contributed by atoms with Crippen LogP contribution in [0.15, 0.2) is 0 Å². The van der Waals surface area contributed by atoms with Crippen LogP contribution in [0.1, 0.15) is 0 Å². The first-order chi connectivity index (χ1) is 3.89. The Morgan fingerprint density at radius 3 is 1.89 bits per heavy atom. The number of nitrogens with zero attached hydrogens (tertiary/aromatic N) is 1. The van der Waals surface area contributed by atoms with Crippen molar-refractivity contribution in [3.63, 3.8) is 0 Å². The van der Waals surface area contributed by atoms with Crippen LogP contribution >= 0.6 is 0 Å². The molecule has 0 rings (SSSR count). The van der Waals surface area contributed by atoms with Gasteiger partial charge in [0.2, 0.25) is 0 Å². The minimum absolute atomic E-state index is 2.30. The monoisotopic (exact) mass is 143 g/mol. The van der Waals surface area contributed by atoms with Crippen LogP contribution in [0.25, 0.3) is 0 Å². The van der Waals surface area contributed by atoms with E-state index in [4.69, 9.17) is 14.9 Å². The van der Waals surface area contributed by atoms with Crippen molar-refractivity contribution in [3.8, 4) is 0 Å². The van der Waals surface area contributed by atoms with Crippen molar-refractivity contribution in [2.45, 2.75) is 6.05 Å². The zero-order valence-corrected chi connectivity index (χ0v) is 3.81. The van der Waals surface area contributed by atoms with E-state index in [0.29, 0.717) is 0 Å². The van der Waals surface area contributed by atoms with E-state index in [9.17, 15) is 13.2 Å². The fourth-order valence-electron chi connectivity index (χ4n) is 0.0718. The fourth-order valence-corrected chi connectivity index (χ4v) is 0.0718. The molecule has 0 spiro atoms. The van der Waals surface area contributed by atoms with Crippen LogP contribution in [0.3, 0.4) is 0 Å². The van der Waals surface area contributed by atoms with E-state index in [0.717, 1.165) is 0 Å². The van der Waals surface area contributed by atoms with E-state index in [1.54, 1.807) is 0 Å². The molecule has 0 saturated heterocycles. The van der Waals surface area contributed by atoms with Crippen LogP contribution in [0.2, 0.25) is 0 Å². The van der Waals surface area contributed by atoms with Gasteiger partial charge in [0, 0.05) is 0 Å². The average molecular weight is 143 g/mol. The van der Waals surface area contributed by atoms with Gasteiger partial charge >= 0.3 is 12.1 Å². The van der Waals surface area contributed by atoms with Crippen LogP contribution in [0, 0.1) is 10.1 Å². The van der Waals surface area contributed by atoms with Gasteiger partial charge in [-0.25, -0.2) is 4.79 Å². The molecule has 0 bridgehead atoms. The standard InChI is InChI=1S/C2F3NO3/c3-1(7)2(4,5)6(8)9. The van der Waals surface area contributed by atoms with E-state index in [-0.39, 0.29) is 0 Å². The van der Waals surface area contributed by atoms with Gasteiger partial charge in [-0.05, 0) is 0 Å². The average Bonchev–Trinajstić information content (AvgIpc) is 1.65. The molecule has 52 valence electrons. The smallest absolute Gasteiger partial charge is 0.259 e. The Morgan fingerprint density at radius 2 is 1.89 bits per heavy atom. The molecule has 0 aromatic rings. The van der Waals surface area contributed by atoms with E-state index in [1.807, 2.05) is 0 Å². The molecule has 9 heavy (non-hydrogen) atoms. The second-order valence-electron chi connectivity index (χ2n) is 1.07. The summed E-state index contributed by atoms with van der Waals surface area (Å²) in [6.07, 6.45) is 0. The lowest BCUT2D eigenvalue weighted by molar-refractivity contribution is -0.623. The molecule has 0 aliphatic rings. The zero-order valence-electron chi connectivity index (χ0n) is 3.81. The van der Waals surface area contributed by atoms with Crippen molar-refractivity contribution in [1.29, 1.82) is 0 Å². The number of nitro groups is 1. The summed E-state index contributed by atoms with van der Waals surface area (Å²) in [5, 5.41) is 9.06. The summed E-state index contributed by atoms with van der Waals surface area (Å²) in [4.78, 5) is 15.8. The van der Waals surface area contributed by atoms with Gasteiger partial charge in [0.25, 0.3) is 0 Å². The van der Waals surface area contributed by atoms with Gasteiger partial charge in [0.15, 0.2) is 0 Å². The minimum Gasteiger partial charge on any atom is -0.259 e. The summed E-state index contributed by atoms with van der Waals surface area (Å²) >= 11 is 0. The van der Waals surface area contributed by atoms with Gasteiger partial charge in [-0.1, -0.05) is 0 Å². The Bertz CT molecular complexity index is 139. The van der Waals surface area contributed by atoms with Crippen LogP contribution in [0.5, 0.6) is 0 Å². The first-order valence-electron chi connectivity index (χ1n) is 1.61. The number of hydrogen-bond donors (Lipinski definition) is 0. The molecule has 0 aromatic carbocycles. The summed E-state index contributed by atoms with van der Waals surface area (Å²) < 4.78 is 33.4. The Morgan fingerprint density at radius 1 is 1.56 bits per heavy atom. The van der Waals surface area contributed by atoms with Crippen LogP contribution < -0.4 is 0 Å². The largest absolute Gasteiger partial charge is 0.605 e. The molecule has 0 radical (unpaired) electrons. The van der Waals surface area contributed by atoms with Crippen LogP contribution in [-0.2, 0) is 4.79 Å². The second kappa shape index (κ2) is 2.00. The maximum Gasteiger partial charge on any atom is 0.605 e. The summed E-state index contributed by atoms with van der Waals surface area (Å²) in [5.74, 6) is 0. The molecule has 0 amide bonds. The molecule has 7 heteroatoms. The second-order valence-corrected chi connectivity index (χ2v) is 1.07. The quantitative estimate of drug-likeness (QED) is 0.242. The van der Waals surface area contributed by atoms with Gasteiger partial charge < -0.3 is 0 Å². The van der Waals surface area contributed by atoms with E-state index < -0.39 is 17.0 Å². The molecule has 0 aliphatic carbocycles. The van der Waals surface area contributed by atoms with Crippen molar-refractivity contribution >= 4 is 6.04 Å². The van der Waals surface area contributed by atoms with Crippen LogP contribution in [-0.4, -0.2) is 17.0 Å². The summed E-state index contributed by atoms with van der Waals surface area (Å²) in [6, 6.07) is -8.34. The molecular formula is C2F3NO3. The van der Waals surface area contributed by atoms with Gasteiger partial charge in [-0.3, -0.25) is 10.1 Å². The predicted octanol–water partition coefficient (Wildman–Crippen LogP) is 0.352. The number of carbonyl (C=O) groups excluding carboxylic acids is 1. The molecule has 4 nitrogen and oxygen atoms in total. The first-order valence-corrected chi connectivity index (χ1v) is 1.61. The lowest BCUT2D eigenvalue weighted by Gasteiger charge is -1.96. The van der Waals surface area contributed by atoms with Crippen molar-refractivity contribution in [2.75, 3.05) is 0 Å². The number of rotatable bonds is 2. The lowest BCUT2D eigenvalue weighted by atomic mass is 10.6. The molecule has 0 heterocycles. The minimum atomic E-state index is -5.08. The topological polar surface area (TPSA) is 60.2 Å². The predicted molar refractivity (Wildman–Crippen MR) is 18.1 cm³/mol. The molecule has 0 N–H and O–H groups in total. The SMILES string of the molecule is O=C(F)C(F)(F)[N+](=O)[O-]. The maximum absolute atomic E-state index is 11.2. The zero-order chi connectivity index (χ0) is 7.65. The molecular weight excluding hydrogens is 143 g/mol. The molecule has 0 unspecified atom stereocenters. The van der Waals surface area contributed by atoms with Gasteiger partial charge in [0.05, 0.1) is 0 Å². The number of carbonyl (C=O) groups is 1. The van der Waals surface area contributed by atoms with E-state index in [1.165, 1.54) is 0 Å². The Kier molecular flexibility index (Phi) is 1.74. The van der Waals surface area contributed by atoms with Crippen molar-refractivity contribution in [1.82, 2.24) is 0 Å². The van der Waals surface area contributed by atoms with E-state index in [2.05, 4.69) is 0 Å².